The predicted molar refractivity (Wildman–Crippen MR) is 121 cm³/mol. The molecule has 0 bridgehead atoms. The molecule has 1 aliphatic heterocycles. The second-order valence-electron chi connectivity index (χ2n) is 7.84. The Kier molecular flexibility index (Phi) is 6.57. The molecule has 3 heterocycles. The smallest absolute Gasteiger partial charge is 0.287 e. The number of aromatic nitrogens is 1. The Morgan fingerprint density at radius 1 is 1.06 bits per heavy atom. The van der Waals surface area contributed by atoms with Crippen LogP contribution >= 0.6 is 0 Å². The fourth-order valence-electron chi connectivity index (χ4n) is 3.57. The largest absolute Gasteiger partial charge is 0.459 e. The van der Waals surface area contributed by atoms with Crippen molar-refractivity contribution in [2.24, 2.45) is 0 Å². The molecule has 1 aliphatic rings. The van der Waals surface area contributed by atoms with Gasteiger partial charge in [-0.25, -0.2) is 13.4 Å². The van der Waals surface area contributed by atoms with Crippen LogP contribution in [-0.4, -0.2) is 57.4 Å². The SMILES string of the molecule is CN1CCN(c2ccc(CNC(=O)c3occc3CS(=O)(=O)c3ccccc3)cn2)CC1. The van der Waals surface area contributed by atoms with E-state index in [-0.39, 0.29) is 23.0 Å². The molecule has 8 nitrogen and oxygen atoms in total. The van der Waals surface area contributed by atoms with Crippen LogP contribution in [0.3, 0.4) is 0 Å². The molecule has 3 aromatic rings. The van der Waals surface area contributed by atoms with Crippen molar-refractivity contribution in [3.63, 3.8) is 0 Å². The molecule has 0 spiro atoms. The third-order valence-corrected chi connectivity index (χ3v) is 7.17. The van der Waals surface area contributed by atoms with Crippen LogP contribution in [-0.2, 0) is 22.1 Å². The van der Waals surface area contributed by atoms with Crippen molar-refractivity contribution in [3.8, 4) is 0 Å². The molecule has 1 N–H and O–H groups in total. The number of carbonyl (C=O) groups excluding carboxylic acids is 1. The molecule has 0 unspecified atom stereocenters. The molecule has 4 rings (SSSR count). The second-order valence-corrected chi connectivity index (χ2v) is 9.83. The summed E-state index contributed by atoms with van der Waals surface area (Å²) < 4.78 is 30.6. The maximum Gasteiger partial charge on any atom is 0.287 e. The van der Waals surface area contributed by atoms with Crippen molar-refractivity contribution < 1.29 is 17.6 Å². The van der Waals surface area contributed by atoms with Gasteiger partial charge in [-0.15, -0.1) is 0 Å². The summed E-state index contributed by atoms with van der Waals surface area (Å²) in [6.45, 7) is 4.15. The van der Waals surface area contributed by atoms with Crippen LogP contribution in [0.4, 0.5) is 5.82 Å². The Morgan fingerprint density at radius 3 is 2.50 bits per heavy atom. The molecule has 32 heavy (non-hydrogen) atoms. The van der Waals surface area contributed by atoms with Crippen LogP contribution in [0.15, 0.2) is 70.3 Å². The van der Waals surface area contributed by atoms with Gasteiger partial charge in [0.25, 0.3) is 5.91 Å². The van der Waals surface area contributed by atoms with Crippen molar-refractivity contribution in [1.29, 1.82) is 0 Å². The number of amides is 1. The Morgan fingerprint density at radius 2 is 1.81 bits per heavy atom. The topological polar surface area (TPSA) is 95.7 Å². The normalized spacial score (nSPS) is 15.0. The molecule has 0 radical (unpaired) electrons. The number of benzene rings is 1. The van der Waals surface area contributed by atoms with E-state index < -0.39 is 15.7 Å². The Hall–Kier alpha value is -3.17. The molecule has 1 aromatic carbocycles. The lowest BCUT2D eigenvalue weighted by Gasteiger charge is -2.33. The van der Waals surface area contributed by atoms with Gasteiger partial charge in [-0.2, -0.15) is 0 Å². The number of likely N-dealkylation sites (N-methyl/N-ethyl adjacent to an activating group) is 1. The van der Waals surface area contributed by atoms with Crippen LogP contribution in [0.25, 0.3) is 0 Å². The van der Waals surface area contributed by atoms with Crippen LogP contribution in [0.1, 0.15) is 21.7 Å². The number of nitrogens with zero attached hydrogens (tertiary/aromatic N) is 3. The fourth-order valence-corrected chi connectivity index (χ4v) is 4.95. The highest BCUT2D eigenvalue weighted by Gasteiger charge is 2.22. The van der Waals surface area contributed by atoms with E-state index in [1.165, 1.54) is 24.5 Å². The minimum Gasteiger partial charge on any atom is -0.459 e. The zero-order valence-corrected chi connectivity index (χ0v) is 18.7. The number of hydrogen-bond donors (Lipinski definition) is 1. The van der Waals surface area contributed by atoms with Crippen LogP contribution in [0.5, 0.6) is 0 Å². The number of nitrogens with one attached hydrogen (secondary N) is 1. The average Bonchev–Trinajstić information content (AvgIpc) is 3.26. The highest BCUT2D eigenvalue weighted by molar-refractivity contribution is 7.90. The van der Waals surface area contributed by atoms with Crippen LogP contribution in [0, 0.1) is 0 Å². The van der Waals surface area contributed by atoms with E-state index in [1.807, 2.05) is 12.1 Å². The lowest BCUT2D eigenvalue weighted by Crippen LogP contribution is -2.44. The molecule has 0 saturated carbocycles. The predicted octanol–water partition coefficient (Wildman–Crippen LogP) is 2.33. The molecule has 0 atom stereocenters. The van der Waals surface area contributed by atoms with Crippen molar-refractivity contribution in [3.05, 3.63) is 77.9 Å². The zero-order valence-electron chi connectivity index (χ0n) is 17.9. The lowest BCUT2D eigenvalue weighted by molar-refractivity contribution is 0.0922. The van der Waals surface area contributed by atoms with E-state index in [4.69, 9.17) is 4.42 Å². The highest BCUT2D eigenvalue weighted by atomic mass is 32.2. The average molecular weight is 455 g/mol. The van der Waals surface area contributed by atoms with Gasteiger partial charge in [0.15, 0.2) is 15.6 Å². The third kappa shape index (κ3) is 5.17. The zero-order chi connectivity index (χ0) is 22.6. The van der Waals surface area contributed by atoms with Gasteiger partial charge in [0.2, 0.25) is 0 Å². The van der Waals surface area contributed by atoms with Crippen LogP contribution in [0.2, 0.25) is 0 Å². The van der Waals surface area contributed by atoms with Gasteiger partial charge in [-0.05, 0) is 36.9 Å². The first-order chi connectivity index (χ1) is 15.4. The highest BCUT2D eigenvalue weighted by Crippen LogP contribution is 2.20. The molecule has 1 amide bonds. The molecular formula is C23H26N4O4S. The molecular weight excluding hydrogens is 428 g/mol. The number of carbonyl (C=O) groups is 1. The Labute approximate surface area is 187 Å². The summed E-state index contributed by atoms with van der Waals surface area (Å²) in [5.41, 5.74) is 1.18. The van der Waals surface area contributed by atoms with E-state index in [9.17, 15) is 13.2 Å². The monoisotopic (exact) mass is 454 g/mol. The number of pyridine rings is 1. The maximum absolute atomic E-state index is 12.6. The number of hydrogen-bond acceptors (Lipinski definition) is 7. The van der Waals surface area contributed by atoms with E-state index in [0.29, 0.717) is 5.56 Å². The van der Waals surface area contributed by atoms with Gasteiger partial charge in [0, 0.05) is 44.5 Å². The quantitative estimate of drug-likeness (QED) is 0.585. The van der Waals surface area contributed by atoms with Crippen molar-refractivity contribution in [1.82, 2.24) is 15.2 Å². The van der Waals surface area contributed by atoms with Gasteiger partial charge >= 0.3 is 0 Å². The number of sulfone groups is 1. The first-order valence-corrected chi connectivity index (χ1v) is 12.1. The first-order valence-electron chi connectivity index (χ1n) is 10.4. The van der Waals surface area contributed by atoms with Gasteiger partial charge in [0.1, 0.15) is 5.82 Å². The number of anilines is 1. The lowest BCUT2D eigenvalue weighted by atomic mass is 10.2. The van der Waals surface area contributed by atoms with Crippen molar-refractivity contribution in [2.45, 2.75) is 17.2 Å². The van der Waals surface area contributed by atoms with Crippen molar-refractivity contribution in [2.75, 3.05) is 38.1 Å². The van der Waals surface area contributed by atoms with E-state index in [1.54, 1.807) is 24.4 Å². The van der Waals surface area contributed by atoms with Gasteiger partial charge in [-0.3, -0.25) is 4.79 Å². The summed E-state index contributed by atoms with van der Waals surface area (Å²) >= 11 is 0. The molecule has 1 saturated heterocycles. The molecule has 0 aliphatic carbocycles. The van der Waals surface area contributed by atoms with Gasteiger partial charge in [0.05, 0.1) is 16.9 Å². The minimum atomic E-state index is -3.58. The summed E-state index contributed by atoms with van der Waals surface area (Å²) in [5.74, 6) is 0.160. The first kappa shape index (κ1) is 22.0. The summed E-state index contributed by atoms with van der Waals surface area (Å²) in [6, 6.07) is 13.6. The van der Waals surface area contributed by atoms with Gasteiger partial charge in [-0.1, -0.05) is 24.3 Å². The van der Waals surface area contributed by atoms with Crippen molar-refractivity contribution >= 4 is 21.6 Å². The summed E-state index contributed by atoms with van der Waals surface area (Å²) in [5, 5.41) is 2.78. The Balaban J connectivity index is 1.37. The fraction of sp³-hybridized carbons (Fsp3) is 0.304. The second kappa shape index (κ2) is 9.54. The van der Waals surface area contributed by atoms with Crippen LogP contribution < -0.4 is 10.2 Å². The maximum atomic E-state index is 12.6. The number of rotatable bonds is 7. The van der Waals surface area contributed by atoms with E-state index >= 15 is 0 Å². The van der Waals surface area contributed by atoms with Gasteiger partial charge < -0.3 is 19.5 Å². The minimum absolute atomic E-state index is 0.00604. The standard InChI is InChI=1S/C23H26N4O4S/c1-26-10-12-27(13-11-26)21-8-7-18(15-24-21)16-25-23(28)22-19(9-14-31-22)17-32(29,30)20-5-3-2-4-6-20/h2-9,14-15H,10-13,16-17H2,1H3,(H,25,28). The molecule has 9 heteroatoms. The summed E-state index contributed by atoms with van der Waals surface area (Å²) in [7, 11) is -1.47. The summed E-state index contributed by atoms with van der Waals surface area (Å²) in [6.07, 6.45) is 3.08. The molecule has 168 valence electrons. The van der Waals surface area contributed by atoms with E-state index in [2.05, 4.69) is 27.1 Å². The van der Waals surface area contributed by atoms with E-state index in [0.717, 1.165) is 37.6 Å². The molecule has 1 fully saturated rings. The Bertz CT molecular complexity index is 1150. The molecule has 2 aromatic heterocycles. The third-order valence-electron chi connectivity index (χ3n) is 5.49. The number of furan rings is 1. The number of piperazine rings is 1. The summed E-state index contributed by atoms with van der Waals surface area (Å²) in [4.78, 5) is 21.9.